The molecule has 1 amide bonds. The number of aliphatic hydroxyl groups excluding tert-OH is 1. The van der Waals surface area contributed by atoms with Gasteiger partial charge in [0, 0.05) is 24.9 Å². The van der Waals surface area contributed by atoms with E-state index in [2.05, 4.69) is 0 Å². The number of amides is 1. The number of piperidine rings is 1. The quantitative estimate of drug-likeness (QED) is 0.684. The highest BCUT2D eigenvalue weighted by Gasteiger charge is 2.43. The summed E-state index contributed by atoms with van der Waals surface area (Å²) >= 11 is 0. The van der Waals surface area contributed by atoms with E-state index in [0.29, 0.717) is 13.1 Å². The predicted molar refractivity (Wildman–Crippen MR) is 60.0 cm³/mol. The first-order valence-corrected chi connectivity index (χ1v) is 6.03. The fourth-order valence-corrected chi connectivity index (χ4v) is 2.67. The average molecular weight is 227 g/mol. The van der Waals surface area contributed by atoms with Crippen LogP contribution in [0.3, 0.4) is 0 Å². The summed E-state index contributed by atoms with van der Waals surface area (Å²) in [6.45, 7) is 6.91. The molecule has 1 saturated carbocycles. The molecule has 0 spiro atoms. The summed E-state index contributed by atoms with van der Waals surface area (Å²) in [4.78, 5) is 13.6. The first kappa shape index (κ1) is 11.7. The Kier molecular flexibility index (Phi) is 2.86. The number of aliphatic hydroxyl groups is 1. The third-order valence-corrected chi connectivity index (χ3v) is 3.44. The Hall–Kier alpha value is -0.770. The zero-order valence-corrected chi connectivity index (χ0v) is 10.3. The number of carbonyl (C=O) groups is 1. The van der Waals surface area contributed by atoms with Crippen molar-refractivity contribution in [2.24, 2.45) is 11.8 Å². The van der Waals surface area contributed by atoms with Crippen molar-refractivity contribution < 1.29 is 14.6 Å². The first-order chi connectivity index (χ1) is 7.37. The summed E-state index contributed by atoms with van der Waals surface area (Å²) in [5.41, 5.74) is -0.438. The van der Waals surface area contributed by atoms with Gasteiger partial charge in [0.1, 0.15) is 5.60 Å². The standard InChI is InChI=1S/C12H21NO3/c1-12(2,3)16-11(15)13-6-8-4-5-9(7-13)10(8)14/h8-10,14H,4-7H2,1-3H3/t8-,9-/m0/s1. The van der Waals surface area contributed by atoms with Crippen molar-refractivity contribution in [1.82, 2.24) is 4.90 Å². The lowest BCUT2D eigenvalue weighted by Crippen LogP contribution is -2.48. The van der Waals surface area contributed by atoms with Crippen LogP contribution in [0.2, 0.25) is 0 Å². The monoisotopic (exact) mass is 227 g/mol. The summed E-state index contributed by atoms with van der Waals surface area (Å²) in [7, 11) is 0. The largest absolute Gasteiger partial charge is 0.444 e. The van der Waals surface area contributed by atoms with E-state index < -0.39 is 5.60 Å². The van der Waals surface area contributed by atoms with Crippen LogP contribution in [0.1, 0.15) is 33.6 Å². The smallest absolute Gasteiger partial charge is 0.410 e. The van der Waals surface area contributed by atoms with Gasteiger partial charge in [-0.15, -0.1) is 0 Å². The van der Waals surface area contributed by atoms with Gasteiger partial charge in [0.25, 0.3) is 0 Å². The van der Waals surface area contributed by atoms with Gasteiger partial charge >= 0.3 is 6.09 Å². The zero-order valence-electron chi connectivity index (χ0n) is 10.3. The van der Waals surface area contributed by atoms with Crippen LogP contribution >= 0.6 is 0 Å². The maximum Gasteiger partial charge on any atom is 0.410 e. The number of ether oxygens (including phenoxy) is 1. The van der Waals surface area contributed by atoms with Crippen LogP contribution in [0.5, 0.6) is 0 Å². The molecule has 0 radical (unpaired) electrons. The highest BCUT2D eigenvalue weighted by Crippen LogP contribution is 2.37. The molecule has 1 N–H and O–H groups in total. The molecule has 2 rings (SSSR count). The van der Waals surface area contributed by atoms with E-state index in [1.165, 1.54) is 0 Å². The lowest BCUT2D eigenvalue weighted by atomic mass is 9.95. The van der Waals surface area contributed by atoms with Gasteiger partial charge in [0.2, 0.25) is 0 Å². The lowest BCUT2D eigenvalue weighted by Gasteiger charge is -2.36. The van der Waals surface area contributed by atoms with E-state index in [1.807, 2.05) is 20.8 Å². The van der Waals surface area contributed by atoms with Gasteiger partial charge in [0.15, 0.2) is 0 Å². The SMILES string of the molecule is CC(C)(C)OC(=O)N1C[C@@H]2CC[C@@H](C1)C2O. The van der Waals surface area contributed by atoms with E-state index in [4.69, 9.17) is 4.74 Å². The van der Waals surface area contributed by atoms with E-state index in [9.17, 15) is 9.90 Å². The molecule has 0 aromatic heterocycles. The van der Waals surface area contributed by atoms with Crippen molar-refractivity contribution in [2.45, 2.75) is 45.3 Å². The molecule has 0 aromatic rings. The van der Waals surface area contributed by atoms with Crippen LogP contribution in [-0.2, 0) is 4.74 Å². The van der Waals surface area contributed by atoms with Crippen molar-refractivity contribution in [3.8, 4) is 0 Å². The molecule has 1 aliphatic heterocycles. The summed E-state index contributed by atoms with van der Waals surface area (Å²) < 4.78 is 5.34. The Labute approximate surface area is 96.6 Å². The molecule has 92 valence electrons. The topological polar surface area (TPSA) is 49.8 Å². The van der Waals surface area contributed by atoms with Gasteiger partial charge in [-0.25, -0.2) is 4.79 Å². The van der Waals surface area contributed by atoms with Crippen LogP contribution in [0, 0.1) is 11.8 Å². The second kappa shape index (κ2) is 3.91. The molecule has 2 fully saturated rings. The molecular formula is C12H21NO3. The molecule has 4 nitrogen and oxygen atoms in total. The minimum Gasteiger partial charge on any atom is -0.444 e. The zero-order chi connectivity index (χ0) is 11.9. The van der Waals surface area contributed by atoms with E-state index in [0.717, 1.165) is 12.8 Å². The first-order valence-electron chi connectivity index (χ1n) is 6.03. The fraction of sp³-hybridized carbons (Fsp3) is 0.917. The fourth-order valence-electron chi connectivity index (χ4n) is 2.67. The van der Waals surface area contributed by atoms with E-state index in [-0.39, 0.29) is 24.0 Å². The summed E-state index contributed by atoms with van der Waals surface area (Å²) in [6, 6.07) is 0. The lowest BCUT2D eigenvalue weighted by molar-refractivity contribution is -0.0134. The molecule has 4 heteroatoms. The van der Waals surface area contributed by atoms with Crippen molar-refractivity contribution >= 4 is 6.09 Å². The molecular weight excluding hydrogens is 206 g/mol. The number of fused-ring (bicyclic) bond motifs is 2. The number of hydrogen-bond acceptors (Lipinski definition) is 3. The third kappa shape index (κ3) is 2.32. The number of carbonyl (C=O) groups excluding carboxylic acids is 1. The van der Waals surface area contributed by atoms with Crippen molar-refractivity contribution in [1.29, 1.82) is 0 Å². The molecule has 1 aliphatic carbocycles. The number of rotatable bonds is 0. The molecule has 0 unspecified atom stereocenters. The van der Waals surface area contributed by atoms with Gasteiger partial charge in [0.05, 0.1) is 6.10 Å². The molecule has 16 heavy (non-hydrogen) atoms. The second-order valence-corrected chi connectivity index (χ2v) is 5.97. The summed E-state index contributed by atoms with van der Waals surface area (Å²) in [5.74, 6) is 0.512. The molecule has 1 saturated heterocycles. The number of nitrogens with zero attached hydrogens (tertiary/aromatic N) is 1. The second-order valence-electron chi connectivity index (χ2n) is 5.97. The molecule has 2 bridgehead atoms. The van der Waals surface area contributed by atoms with Crippen LogP contribution < -0.4 is 0 Å². The third-order valence-electron chi connectivity index (χ3n) is 3.44. The Morgan fingerprint density at radius 3 is 2.19 bits per heavy atom. The van der Waals surface area contributed by atoms with Gasteiger partial charge in [-0.1, -0.05) is 0 Å². The number of likely N-dealkylation sites (tertiary alicyclic amines) is 1. The summed E-state index contributed by atoms with van der Waals surface area (Å²) in [6.07, 6.45) is 1.62. The van der Waals surface area contributed by atoms with Crippen LogP contribution in [-0.4, -0.2) is 40.9 Å². The van der Waals surface area contributed by atoms with Gasteiger partial charge in [-0.2, -0.15) is 0 Å². The maximum absolute atomic E-state index is 11.9. The van der Waals surface area contributed by atoms with Crippen LogP contribution in [0.4, 0.5) is 4.79 Å². The Morgan fingerprint density at radius 1 is 1.25 bits per heavy atom. The number of hydrogen-bond donors (Lipinski definition) is 1. The van der Waals surface area contributed by atoms with Crippen molar-refractivity contribution in [2.75, 3.05) is 13.1 Å². The van der Waals surface area contributed by atoms with Crippen LogP contribution in [0.25, 0.3) is 0 Å². The Balaban J connectivity index is 1.95. The highest BCUT2D eigenvalue weighted by molar-refractivity contribution is 5.68. The summed E-state index contributed by atoms with van der Waals surface area (Å²) in [5, 5.41) is 9.86. The van der Waals surface area contributed by atoms with Crippen LogP contribution in [0.15, 0.2) is 0 Å². The van der Waals surface area contributed by atoms with Gasteiger partial charge in [-0.3, -0.25) is 0 Å². The Morgan fingerprint density at radius 2 is 1.75 bits per heavy atom. The minimum atomic E-state index is -0.438. The predicted octanol–water partition coefficient (Wildman–Crippen LogP) is 1.62. The van der Waals surface area contributed by atoms with Gasteiger partial charge in [-0.05, 0) is 33.6 Å². The van der Waals surface area contributed by atoms with Gasteiger partial charge < -0.3 is 14.7 Å². The van der Waals surface area contributed by atoms with E-state index >= 15 is 0 Å². The van der Waals surface area contributed by atoms with Crippen molar-refractivity contribution in [3.05, 3.63) is 0 Å². The molecule has 2 aliphatic rings. The molecule has 1 heterocycles. The minimum absolute atomic E-state index is 0.210. The van der Waals surface area contributed by atoms with E-state index in [1.54, 1.807) is 4.90 Å². The average Bonchev–Trinajstić information content (AvgIpc) is 2.38. The molecule has 2 atom stereocenters. The highest BCUT2D eigenvalue weighted by atomic mass is 16.6. The Bertz CT molecular complexity index is 270. The molecule has 0 aromatic carbocycles. The van der Waals surface area contributed by atoms with Crippen molar-refractivity contribution in [3.63, 3.8) is 0 Å². The maximum atomic E-state index is 11.9. The normalized spacial score (nSPS) is 34.0.